The second kappa shape index (κ2) is 10.5. The van der Waals surface area contributed by atoms with Gasteiger partial charge in [-0.15, -0.1) is 0 Å². The summed E-state index contributed by atoms with van der Waals surface area (Å²) in [4.78, 5) is 40.3. The van der Waals surface area contributed by atoms with Gasteiger partial charge in [-0.3, -0.25) is 19.3 Å². The van der Waals surface area contributed by atoms with Crippen LogP contribution in [0.3, 0.4) is 0 Å². The van der Waals surface area contributed by atoms with E-state index in [9.17, 15) is 14.4 Å². The number of nitrogens with one attached hydrogen (secondary N) is 1. The molecular formula is C23H33N3O3. The number of nitrogens with zero attached hydrogens (tertiary/aromatic N) is 2. The van der Waals surface area contributed by atoms with Crippen LogP contribution in [0.5, 0.6) is 0 Å². The van der Waals surface area contributed by atoms with Crippen molar-refractivity contribution in [2.45, 2.75) is 51.9 Å². The molecule has 2 aliphatic rings. The monoisotopic (exact) mass is 399 g/mol. The third-order valence-corrected chi connectivity index (χ3v) is 6.14. The average molecular weight is 400 g/mol. The van der Waals surface area contributed by atoms with E-state index in [2.05, 4.69) is 10.2 Å². The highest BCUT2D eigenvalue weighted by molar-refractivity contribution is 5.95. The van der Waals surface area contributed by atoms with Crippen molar-refractivity contribution in [2.24, 2.45) is 5.92 Å². The summed E-state index contributed by atoms with van der Waals surface area (Å²) in [6.45, 7) is 5.41. The van der Waals surface area contributed by atoms with E-state index in [1.54, 1.807) is 24.3 Å². The number of anilines is 1. The summed E-state index contributed by atoms with van der Waals surface area (Å²) in [5, 5.41) is 2.88. The molecule has 0 bridgehead atoms. The van der Waals surface area contributed by atoms with Crippen LogP contribution in [-0.2, 0) is 9.59 Å². The van der Waals surface area contributed by atoms with Gasteiger partial charge in [-0.2, -0.15) is 0 Å². The first-order valence-electron chi connectivity index (χ1n) is 10.9. The van der Waals surface area contributed by atoms with Crippen molar-refractivity contribution in [1.29, 1.82) is 0 Å². The number of hydrogen-bond donors (Lipinski definition) is 1. The van der Waals surface area contributed by atoms with E-state index in [0.29, 0.717) is 42.5 Å². The minimum absolute atomic E-state index is 0.0132. The summed E-state index contributed by atoms with van der Waals surface area (Å²) < 4.78 is 0. The van der Waals surface area contributed by atoms with Gasteiger partial charge >= 0.3 is 0 Å². The summed E-state index contributed by atoms with van der Waals surface area (Å²) in [6.07, 6.45) is 7.41. The topological polar surface area (TPSA) is 69.7 Å². The lowest BCUT2D eigenvalue weighted by Crippen LogP contribution is -2.49. The van der Waals surface area contributed by atoms with Crippen LogP contribution in [0.4, 0.5) is 5.69 Å². The second-order valence-corrected chi connectivity index (χ2v) is 8.36. The van der Waals surface area contributed by atoms with E-state index >= 15 is 0 Å². The molecule has 1 saturated heterocycles. The summed E-state index contributed by atoms with van der Waals surface area (Å²) in [5.74, 6) is 0.876. The maximum Gasteiger partial charge on any atom is 0.225 e. The van der Waals surface area contributed by atoms with Gasteiger partial charge in [-0.05, 0) is 49.9 Å². The highest BCUT2D eigenvalue weighted by atomic mass is 16.2. The number of rotatable bonds is 7. The number of Topliss-reactive ketones (excluding diaryl/α,β-unsaturated/α-hetero) is 1. The van der Waals surface area contributed by atoms with Gasteiger partial charge in [0, 0.05) is 56.8 Å². The predicted octanol–water partition coefficient (Wildman–Crippen LogP) is 3.33. The molecule has 29 heavy (non-hydrogen) atoms. The predicted molar refractivity (Wildman–Crippen MR) is 114 cm³/mol. The summed E-state index contributed by atoms with van der Waals surface area (Å²) in [6, 6.07) is 6.96. The van der Waals surface area contributed by atoms with Gasteiger partial charge < -0.3 is 10.2 Å². The zero-order chi connectivity index (χ0) is 20.6. The lowest BCUT2D eigenvalue weighted by atomic mass is 9.86. The normalized spacial score (nSPS) is 18.4. The van der Waals surface area contributed by atoms with Crippen molar-refractivity contribution in [3.63, 3.8) is 0 Å². The number of carbonyl (C=O) groups is 3. The molecule has 0 spiro atoms. The van der Waals surface area contributed by atoms with Crippen LogP contribution in [0.15, 0.2) is 24.3 Å². The molecule has 0 atom stereocenters. The van der Waals surface area contributed by atoms with E-state index in [4.69, 9.17) is 0 Å². The van der Waals surface area contributed by atoms with Gasteiger partial charge in [-0.1, -0.05) is 19.3 Å². The van der Waals surface area contributed by atoms with Crippen LogP contribution < -0.4 is 5.32 Å². The van der Waals surface area contributed by atoms with Gasteiger partial charge in [0.1, 0.15) is 0 Å². The number of hydrogen-bond acceptors (Lipinski definition) is 4. The minimum Gasteiger partial charge on any atom is -0.340 e. The fourth-order valence-corrected chi connectivity index (χ4v) is 4.26. The minimum atomic E-state index is -0.0311. The van der Waals surface area contributed by atoms with Crippen LogP contribution in [0.1, 0.15) is 62.2 Å². The molecule has 6 nitrogen and oxygen atoms in total. The summed E-state index contributed by atoms with van der Waals surface area (Å²) in [5.41, 5.74) is 1.34. The first-order valence-corrected chi connectivity index (χ1v) is 10.9. The number of piperazine rings is 1. The Labute approximate surface area is 173 Å². The highest BCUT2D eigenvalue weighted by Gasteiger charge is 2.24. The second-order valence-electron chi connectivity index (χ2n) is 8.36. The maximum absolute atomic E-state index is 12.5. The van der Waals surface area contributed by atoms with E-state index in [1.807, 2.05) is 4.90 Å². The smallest absolute Gasteiger partial charge is 0.225 e. The Bertz CT molecular complexity index is 703. The highest BCUT2D eigenvalue weighted by Crippen LogP contribution is 2.27. The van der Waals surface area contributed by atoms with E-state index < -0.39 is 0 Å². The quantitative estimate of drug-likeness (QED) is 0.714. The molecule has 0 unspecified atom stereocenters. The van der Waals surface area contributed by atoms with Gasteiger partial charge in [0.05, 0.1) is 0 Å². The molecule has 1 aromatic carbocycles. The fourth-order valence-electron chi connectivity index (χ4n) is 4.26. The number of ketones is 1. The van der Waals surface area contributed by atoms with Crippen LogP contribution in [0, 0.1) is 5.92 Å². The number of carbonyl (C=O) groups excluding carboxylic acids is 3. The molecule has 1 saturated carbocycles. The maximum atomic E-state index is 12.5. The van der Waals surface area contributed by atoms with E-state index in [-0.39, 0.29) is 11.7 Å². The Kier molecular flexibility index (Phi) is 7.81. The van der Waals surface area contributed by atoms with Crippen molar-refractivity contribution < 1.29 is 14.4 Å². The largest absolute Gasteiger partial charge is 0.340 e. The third-order valence-electron chi connectivity index (χ3n) is 6.14. The van der Waals surface area contributed by atoms with Crippen LogP contribution in [-0.4, -0.2) is 60.1 Å². The van der Waals surface area contributed by atoms with Crippen LogP contribution >= 0.6 is 0 Å². The Hall–Kier alpha value is -2.21. The molecular weight excluding hydrogens is 366 g/mol. The van der Waals surface area contributed by atoms with E-state index in [1.165, 1.54) is 39.0 Å². The lowest BCUT2D eigenvalue weighted by molar-refractivity contribution is -0.134. The van der Waals surface area contributed by atoms with Crippen LogP contribution in [0.2, 0.25) is 0 Å². The first kappa shape index (κ1) is 21.5. The van der Waals surface area contributed by atoms with Crippen molar-refractivity contribution in [2.75, 3.05) is 38.0 Å². The number of amides is 2. The zero-order valence-corrected chi connectivity index (χ0v) is 17.5. The van der Waals surface area contributed by atoms with Crippen molar-refractivity contribution in [3.8, 4) is 0 Å². The van der Waals surface area contributed by atoms with Crippen LogP contribution in [0.25, 0.3) is 0 Å². The molecule has 2 amide bonds. The van der Waals surface area contributed by atoms with Crippen molar-refractivity contribution >= 4 is 23.3 Å². The molecule has 1 aliphatic heterocycles. The molecule has 1 heterocycles. The third kappa shape index (κ3) is 6.67. The Morgan fingerprint density at radius 1 is 0.966 bits per heavy atom. The molecule has 1 N–H and O–H groups in total. The lowest BCUT2D eigenvalue weighted by Gasteiger charge is -2.35. The van der Waals surface area contributed by atoms with Crippen molar-refractivity contribution in [3.05, 3.63) is 29.8 Å². The Morgan fingerprint density at radius 2 is 1.62 bits per heavy atom. The fraction of sp³-hybridized carbons (Fsp3) is 0.609. The van der Waals surface area contributed by atoms with Crippen molar-refractivity contribution in [1.82, 2.24) is 9.80 Å². The standard InChI is InChI=1S/C23H33N3O3/c1-18(27)20-7-9-21(10-8-20)24-22(28)11-12-25-13-15-26(16-14-25)23(29)17-19-5-3-2-4-6-19/h7-10,19H,2-6,11-17H2,1H3,(H,24,28). The molecule has 1 aromatic rings. The molecule has 158 valence electrons. The molecule has 2 fully saturated rings. The van der Waals surface area contributed by atoms with Gasteiger partial charge in [0.2, 0.25) is 11.8 Å². The van der Waals surface area contributed by atoms with Gasteiger partial charge in [-0.25, -0.2) is 0 Å². The molecule has 6 heteroatoms. The SMILES string of the molecule is CC(=O)c1ccc(NC(=O)CCN2CCN(C(=O)CC3CCCCC3)CC2)cc1. The average Bonchev–Trinajstić information content (AvgIpc) is 2.74. The summed E-state index contributed by atoms with van der Waals surface area (Å²) in [7, 11) is 0. The zero-order valence-electron chi connectivity index (χ0n) is 17.5. The molecule has 0 aromatic heterocycles. The van der Waals surface area contributed by atoms with Gasteiger partial charge in [0.15, 0.2) is 5.78 Å². The Balaban J connectivity index is 1.34. The molecule has 1 aliphatic carbocycles. The van der Waals surface area contributed by atoms with E-state index in [0.717, 1.165) is 26.2 Å². The molecule has 0 radical (unpaired) electrons. The number of benzene rings is 1. The molecule has 3 rings (SSSR count). The Morgan fingerprint density at radius 3 is 2.24 bits per heavy atom. The first-order chi connectivity index (χ1) is 14.0. The van der Waals surface area contributed by atoms with Gasteiger partial charge in [0.25, 0.3) is 0 Å². The summed E-state index contributed by atoms with van der Waals surface area (Å²) >= 11 is 0.